The minimum atomic E-state index is -0.252. The van der Waals surface area contributed by atoms with Crippen molar-refractivity contribution in [3.05, 3.63) is 54.1 Å². The Morgan fingerprint density at radius 3 is 2.88 bits per heavy atom. The van der Waals surface area contributed by atoms with Gasteiger partial charge in [-0.1, -0.05) is 31.2 Å². The van der Waals surface area contributed by atoms with E-state index in [4.69, 9.17) is 0 Å². The Morgan fingerprint density at radius 2 is 2.16 bits per heavy atom. The molecule has 1 saturated heterocycles. The van der Waals surface area contributed by atoms with Crippen molar-refractivity contribution in [3.8, 4) is 0 Å². The van der Waals surface area contributed by atoms with E-state index in [1.807, 2.05) is 23.8 Å². The van der Waals surface area contributed by atoms with Gasteiger partial charge in [-0.05, 0) is 43.4 Å². The molecular weight excluding hydrogens is 312 g/mol. The molecule has 1 N–H and O–H groups in total. The van der Waals surface area contributed by atoms with Crippen molar-refractivity contribution in [1.82, 2.24) is 19.8 Å². The maximum atomic E-state index is 12.4. The zero-order chi connectivity index (χ0) is 17.6. The Bertz CT molecular complexity index is 683. The molecule has 0 spiro atoms. The molecule has 1 fully saturated rings. The Balaban J connectivity index is 1.60. The zero-order valence-electron chi connectivity index (χ0n) is 15.2. The highest BCUT2D eigenvalue weighted by molar-refractivity contribution is 5.79. The van der Waals surface area contributed by atoms with Gasteiger partial charge in [0.15, 0.2) is 0 Å². The van der Waals surface area contributed by atoms with Gasteiger partial charge in [-0.25, -0.2) is 4.98 Å². The van der Waals surface area contributed by atoms with Crippen molar-refractivity contribution in [2.75, 3.05) is 13.1 Å². The average Bonchev–Trinajstić information content (AvgIpc) is 3.15. The van der Waals surface area contributed by atoms with Gasteiger partial charge in [0, 0.05) is 32.0 Å². The van der Waals surface area contributed by atoms with E-state index in [-0.39, 0.29) is 11.9 Å². The summed E-state index contributed by atoms with van der Waals surface area (Å²) in [5, 5.41) is 3.07. The topological polar surface area (TPSA) is 50.2 Å². The molecule has 2 aromatic rings. The van der Waals surface area contributed by atoms with E-state index in [0.29, 0.717) is 6.54 Å². The van der Waals surface area contributed by atoms with Crippen LogP contribution in [0.15, 0.2) is 43.0 Å². The molecule has 0 aliphatic carbocycles. The van der Waals surface area contributed by atoms with Crippen molar-refractivity contribution in [2.45, 2.75) is 45.8 Å². The van der Waals surface area contributed by atoms with Gasteiger partial charge in [0.25, 0.3) is 0 Å². The van der Waals surface area contributed by atoms with Crippen LogP contribution < -0.4 is 5.32 Å². The number of hydrogen-bond acceptors (Lipinski definition) is 3. The Hall–Kier alpha value is -2.14. The molecule has 0 unspecified atom stereocenters. The SMILES string of the molecule is C[C@@H]1CCCN(Cc2ccccc2CNC(=O)[C@H](C)n2ccnc2)C1. The van der Waals surface area contributed by atoms with Gasteiger partial charge in [0.2, 0.25) is 5.91 Å². The molecule has 25 heavy (non-hydrogen) atoms. The Kier molecular flexibility index (Phi) is 5.87. The average molecular weight is 340 g/mol. The lowest BCUT2D eigenvalue weighted by atomic mass is 9.99. The molecule has 5 nitrogen and oxygen atoms in total. The highest BCUT2D eigenvalue weighted by atomic mass is 16.2. The smallest absolute Gasteiger partial charge is 0.243 e. The fourth-order valence-corrected chi connectivity index (χ4v) is 3.52. The molecule has 1 aliphatic heterocycles. The second-order valence-electron chi connectivity index (χ2n) is 7.15. The van der Waals surface area contributed by atoms with Gasteiger partial charge in [0.1, 0.15) is 6.04 Å². The molecule has 0 bridgehead atoms. The summed E-state index contributed by atoms with van der Waals surface area (Å²) in [6, 6.07) is 8.17. The summed E-state index contributed by atoms with van der Waals surface area (Å²) in [6.07, 6.45) is 7.80. The van der Waals surface area contributed by atoms with E-state index in [2.05, 4.69) is 40.3 Å². The first-order chi connectivity index (χ1) is 12.1. The molecule has 1 aliphatic rings. The molecular formula is C20H28N4O. The number of benzene rings is 1. The van der Waals surface area contributed by atoms with Crippen LogP contribution in [-0.2, 0) is 17.9 Å². The molecule has 0 radical (unpaired) electrons. The lowest BCUT2D eigenvalue weighted by molar-refractivity contribution is -0.124. The van der Waals surface area contributed by atoms with E-state index in [1.54, 1.807) is 12.5 Å². The third-order valence-electron chi connectivity index (χ3n) is 5.06. The summed E-state index contributed by atoms with van der Waals surface area (Å²) < 4.78 is 1.82. The van der Waals surface area contributed by atoms with Gasteiger partial charge in [0.05, 0.1) is 6.33 Å². The molecule has 2 heterocycles. The standard InChI is InChI=1S/C20H28N4O/c1-16-6-5-10-23(13-16)14-19-8-4-3-7-18(19)12-22-20(25)17(2)24-11-9-21-15-24/h3-4,7-9,11,15-17H,5-6,10,12-14H2,1-2H3,(H,22,25)/t16-,17+/m1/s1. The number of amides is 1. The third-order valence-corrected chi connectivity index (χ3v) is 5.06. The van der Waals surface area contributed by atoms with E-state index < -0.39 is 0 Å². The summed E-state index contributed by atoms with van der Waals surface area (Å²) in [4.78, 5) is 18.9. The van der Waals surface area contributed by atoms with Crippen LogP contribution in [0.1, 0.15) is 43.9 Å². The molecule has 1 amide bonds. The maximum Gasteiger partial charge on any atom is 0.243 e. The number of nitrogens with zero attached hydrogens (tertiary/aromatic N) is 3. The number of nitrogens with one attached hydrogen (secondary N) is 1. The first kappa shape index (κ1) is 17.7. The van der Waals surface area contributed by atoms with Gasteiger partial charge < -0.3 is 9.88 Å². The number of carbonyl (C=O) groups excluding carboxylic acids is 1. The molecule has 3 rings (SSSR count). The van der Waals surface area contributed by atoms with Crippen LogP contribution in [0.5, 0.6) is 0 Å². The molecule has 0 saturated carbocycles. The molecule has 1 aromatic carbocycles. The van der Waals surface area contributed by atoms with Crippen LogP contribution in [0.3, 0.4) is 0 Å². The fraction of sp³-hybridized carbons (Fsp3) is 0.500. The van der Waals surface area contributed by atoms with Crippen LogP contribution in [-0.4, -0.2) is 33.4 Å². The summed E-state index contributed by atoms with van der Waals surface area (Å²) in [7, 11) is 0. The normalized spacial score (nSPS) is 19.5. The first-order valence-corrected chi connectivity index (χ1v) is 9.18. The zero-order valence-corrected chi connectivity index (χ0v) is 15.2. The minimum absolute atomic E-state index is 0.0133. The quantitative estimate of drug-likeness (QED) is 0.879. The van der Waals surface area contributed by atoms with E-state index in [1.165, 1.54) is 37.1 Å². The van der Waals surface area contributed by atoms with Crippen molar-refractivity contribution in [3.63, 3.8) is 0 Å². The van der Waals surface area contributed by atoms with Gasteiger partial charge >= 0.3 is 0 Å². The summed E-state index contributed by atoms with van der Waals surface area (Å²) in [6.45, 7) is 8.08. The predicted molar refractivity (Wildman–Crippen MR) is 98.9 cm³/mol. The van der Waals surface area contributed by atoms with Crippen molar-refractivity contribution < 1.29 is 4.79 Å². The minimum Gasteiger partial charge on any atom is -0.350 e. The molecule has 2 atom stereocenters. The van der Waals surface area contributed by atoms with Crippen molar-refractivity contribution >= 4 is 5.91 Å². The van der Waals surface area contributed by atoms with Crippen LogP contribution in [0.2, 0.25) is 0 Å². The molecule has 5 heteroatoms. The number of likely N-dealkylation sites (tertiary alicyclic amines) is 1. The van der Waals surface area contributed by atoms with E-state index in [0.717, 1.165) is 12.5 Å². The number of aromatic nitrogens is 2. The van der Waals surface area contributed by atoms with Crippen molar-refractivity contribution in [2.24, 2.45) is 5.92 Å². The van der Waals surface area contributed by atoms with Gasteiger partial charge in [-0.2, -0.15) is 0 Å². The lowest BCUT2D eigenvalue weighted by Crippen LogP contribution is -2.34. The largest absolute Gasteiger partial charge is 0.350 e. The number of hydrogen-bond donors (Lipinski definition) is 1. The second kappa shape index (κ2) is 8.30. The number of carbonyl (C=O) groups is 1. The summed E-state index contributed by atoms with van der Waals surface area (Å²) >= 11 is 0. The highest BCUT2D eigenvalue weighted by Gasteiger charge is 2.18. The van der Waals surface area contributed by atoms with Gasteiger partial charge in [-0.15, -0.1) is 0 Å². The first-order valence-electron chi connectivity index (χ1n) is 9.18. The van der Waals surface area contributed by atoms with Crippen molar-refractivity contribution in [1.29, 1.82) is 0 Å². The molecule has 1 aromatic heterocycles. The van der Waals surface area contributed by atoms with Crippen LogP contribution in [0.4, 0.5) is 0 Å². The lowest BCUT2D eigenvalue weighted by Gasteiger charge is -2.31. The summed E-state index contributed by atoms with van der Waals surface area (Å²) in [5.41, 5.74) is 2.51. The van der Waals surface area contributed by atoms with E-state index in [9.17, 15) is 4.79 Å². The van der Waals surface area contributed by atoms with Crippen LogP contribution >= 0.6 is 0 Å². The maximum absolute atomic E-state index is 12.4. The van der Waals surface area contributed by atoms with Gasteiger partial charge in [-0.3, -0.25) is 9.69 Å². The Morgan fingerprint density at radius 1 is 1.36 bits per heavy atom. The fourth-order valence-electron chi connectivity index (χ4n) is 3.52. The Labute approximate surface area is 150 Å². The highest BCUT2D eigenvalue weighted by Crippen LogP contribution is 2.19. The second-order valence-corrected chi connectivity index (χ2v) is 7.15. The molecule has 134 valence electrons. The van der Waals surface area contributed by atoms with Crippen LogP contribution in [0, 0.1) is 5.92 Å². The number of rotatable bonds is 6. The van der Waals surface area contributed by atoms with E-state index >= 15 is 0 Å². The number of piperidine rings is 1. The predicted octanol–water partition coefficient (Wildman–Crippen LogP) is 2.99. The third kappa shape index (κ3) is 4.69. The summed E-state index contributed by atoms with van der Waals surface area (Å²) in [5.74, 6) is 0.788. The number of imidazole rings is 1. The monoisotopic (exact) mass is 340 g/mol. The van der Waals surface area contributed by atoms with Crippen LogP contribution in [0.25, 0.3) is 0 Å².